The third kappa shape index (κ3) is 4.70. The van der Waals surface area contributed by atoms with Crippen LogP contribution < -0.4 is 10.5 Å². The van der Waals surface area contributed by atoms with E-state index in [0.717, 1.165) is 19.7 Å². The van der Waals surface area contributed by atoms with Gasteiger partial charge in [0.1, 0.15) is 18.5 Å². The van der Waals surface area contributed by atoms with Crippen molar-refractivity contribution in [3.05, 3.63) is 24.3 Å². The number of anilines is 1. The highest BCUT2D eigenvalue weighted by Gasteiger charge is 2.19. The molecule has 0 spiro atoms. The molecule has 5 nitrogen and oxygen atoms in total. The number of morpholine rings is 1. The first kappa shape index (κ1) is 14.1. The molecule has 1 aliphatic rings. The lowest BCUT2D eigenvalue weighted by Gasteiger charge is -2.32. The van der Waals surface area contributed by atoms with Gasteiger partial charge in [0.25, 0.3) is 0 Å². The van der Waals surface area contributed by atoms with E-state index < -0.39 is 6.10 Å². The van der Waals surface area contributed by atoms with Gasteiger partial charge in [-0.3, -0.25) is 4.90 Å². The van der Waals surface area contributed by atoms with Crippen LogP contribution in [-0.4, -0.2) is 55.1 Å². The molecule has 1 heterocycles. The third-order valence-corrected chi connectivity index (χ3v) is 3.09. The number of nitrogen functional groups attached to an aromatic ring is 1. The molecule has 1 aliphatic heterocycles. The Morgan fingerprint density at radius 1 is 1.58 bits per heavy atom. The lowest BCUT2D eigenvalue weighted by molar-refractivity contribution is -0.0361. The number of aliphatic hydroxyl groups excluding tert-OH is 1. The van der Waals surface area contributed by atoms with Gasteiger partial charge in [0.15, 0.2) is 0 Å². The number of hydrogen-bond acceptors (Lipinski definition) is 5. The topological polar surface area (TPSA) is 68.0 Å². The average Bonchev–Trinajstić information content (AvgIpc) is 2.36. The van der Waals surface area contributed by atoms with E-state index >= 15 is 0 Å². The van der Waals surface area contributed by atoms with Crippen LogP contribution in [0.1, 0.15) is 6.92 Å². The molecule has 19 heavy (non-hydrogen) atoms. The summed E-state index contributed by atoms with van der Waals surface area (Å²) in [6, 6.07) is 7.22. The van der Waals surface area contributed by atoms with E-state index in [2.05, 4.69) is 4.90 Å². The molecule has 1 fully saturated rings. The Morgan fingerprint density at radius 3 is 3.16 bits per heavy atom. The Labute approximate surface area is 113 Å². The maximum Gasteiger partial charge on any atom is 0.121 e. The zero-order chi connectivity index (χ0) is 13.7. The summed E-state index contributed by atoms with van der Waals surface area (Å²) in [6.45, 7) is 5.37. The van der Waals surface area contributed by atoms with E-state index in [1.807, 2.05) is 19.1 Å². The molecule has 1 aromatic carbocycles. The van der Waals surface area contributed by atoms with Crippen LogP contribution in [0, 0.1) is 0 Å². The van der Waals surface area contributed by atoms with Gasteiger partial charge >= 0.3 is 0 Å². The van der Waals surface area contributed by atoms with Gasteiger partial charge in [-0.2, -0.15) is 0 Å². The number of nitrogens with two attached hydrogens (primary N) is 1. The number of hydrogen-bond donors (Lipinski definition) is 2. The molecule has 0 saturated carbocycles. The van der Waals surface area contributed by atoms with Gasteiger partial charge < -0.3 is 20.3 Å². The first-order chi connectivity index (χ1) is 9.13. The van der Waals surface area contributed by atoms with Crippen molar-refractivity contribution in [1.29, 1.82) is 0 Å². The highest BCUT2D eigenvalue weighted by atomic mass is 16.5. The van der Waals surface area contributed by atoms with E-state index in [-0.39, 0.29) is 12.7 Å². The molecule has 0 aliphatic carbocycles. The normalized spacial score (nSPS) is 22.1. The van der Waals surface area contributed by atoms with Crippen LogP contribution in [0.5, 0.6) is 5.75 Å². The smallest absolute Gasteiger partial charge is 0.121 e. The van der Waals surface area contributed by atoms with E-state index in [4.69, 9.17) is 15.2 Å². The largest absolute Gasteiger partial charge is 0.491 e. The van der Waals surface area contributed by atoms with Crippen LogP contribution in [0.4, 0.5) is 5.69 Å². The molecule has 2 atom stereocenters. The molecule has 0 aromatic heterocycles. The minimum absolute atomic E-state index is 0.232. The van der Waals surface area contributed by atoms with Crippen molar-refractivity contribution in [3.63, 3.8) is 0 Å². The molecule has 5 heteroatoms. The molecule has 3 N–H and O–H groups in total. The highest BCUT2D eigenvalue weighted by Crippen LogP contribution is 2.14. The molecular formula is C14H22N2O3. The van der Waals surface area contributed by atoms with Crippen LogP contribution in [0.15, 0.2) is 24.3 Å². The summed E-state index contributed by atoms with van der Waals surface area (Å²) < 4.78 is 11.0. The van der Waals surface area contributed by atoms with E-state index in [9.17, 15) is 5.11 Å². The van der Waals surface area contributed by atoms with Crippen LogP contribution in [0.25, 0.3) is 0 Å². The van der Waals surface area contributed by atoms with E-state index in [0.29, 0.717) is 18.0 Å². The van der Waals surface area contributed by atoms with Crippen LogP contribution in [-0.2, 0) is 4.74 Å². The Bertz CT molecular complexity index is 400. The minimum atomic E-state index is -0.508. The van der Waals surface area contributed by atoms with Gasteiger partial charge in [-0.25, -0.2) is 0 Å². The molecule has 106 valence electrons. The molecule has 1 aromatic rings. The molecule has 2 unspecified atom stereocenters. The summed E-state index contributed by atoms with van der Waals surface area (Å²) in [5, 5.41) is 9.98. The third-order valence-electron chi connectivity index (χ3n) is 3.09. The summed E-state index contributed by atoms with van der Waals surface area (Å²) in [6.07, 6.45) is -0.275. The average molecular weight is 266 g/mol. The zero-order valence-electron chi connectivity index (χ0n) is 11.3. The standard InChI is InChI=1S/C14H22N2O3/c1-11-8-16(5-6-18-11)9-13(17)10-19-14-4-2-3-12(15)7-14/h2-4,7,11,13,17H,5-6,8-10,15H2,1H3. The maximum absolute atomic E-state index is 9.98. The first-order valence-electron chi connectivity index (χ1n) is 6.64. The molecule has 0 amide bonds. The molecule has 0 radical (unpaired) electrons. The van der Waals surface area contributed by atoms with E-state index in [1.54, 1.807) is 12.1 Å². The summed E-state index contributed by atoms with van der Waals surface area (Å²) in [5.41, 5.74) is 6.33. The molecule has 2 rings (SSSR count). The molecule has 1 saturated heterocycles. The number of aliphatic hydroxyl groups is 1. The van der Waals surface area contributed by atoms with Crippen molar-refractivity contribution in [2.75, 3.05) is 38.6 Å². The fourth-order valence-electron chi connectivity index (χ4n) is 2.20. The highest BCUT2D eigenvalue weighted by molar-refractivity contribution is 5.43. The van der Waals surface area contributed by atoms with Crippen molar-refractivity contribution in [2.24, 2.45) is 0 Å². The lowest BCUT2D eigenvalue weighted by atomic mass is 10.2. The fraction of sp³-hybridized carbons (Fsp3) is 0.571. The summed E-state index contributed by atoms with van der Waals surface area (Å²) in [7, 11) is 0. The minimum Gasteiger partial charge on any atom is -0.491 e. The van der Waals surface area contributed by atoms with Gasteiger partial charge in [-0.05, 0) is 19.1 Å². The number of ether oxygens (including phenoxy) is 2. The van der Waals surface area contributed by atoms with Gasteiger partial charge in [0.2, 0.25) is 0 Å². The monoisotopic (exact) mass is 266 g/mol. The Morgan fingerprint density at radius 2 is 2.42 bits per heavy atom. The van der Waals surface area contributed by atoms with E-state index in [1.165, 1.54) is 0 Å². The van der Waals surface area contributed by atoms with Crippen molar-refractivity contribution < 1.29 is 14.6 Å². The number of rotatable bonds is 5. The van der Waals surface area contributed by atoms with Crippen molar-refractivity contribution in [2.45, 2.75) is 19.1 Å². The van der Waals surface area contributed by atoms with Gasteiger partial charge in [0.05, 0.1) is 12.7 Å². The lowest BCUT2D eigenvalue weighted by Crippen LogP contribution is -2.45. The quantitative estimate of drug-likeness (QED) is 0.769. The zero-order valence-corrected chi connectivity index (χ0v) is 11.3. The molecule has 0 bridgehead atoms. The fourth-order valence-corrected chi connectivity index (χ4v) is 2.20. The Balaban J connectivity index is 1.73. The van der Waals surface area contributed by atoms with Crippen LogP contribution >= 0.6 is 0 Å². The van der Waals surface area contributed by atoms with Gasteiger partial charge in [0, 0.05) is 31.4 Å². The maximum atomic E-state index is 9.98. The summed E-state index contributed by atoms with van der Waals surface area (Å²) in [4.78, 5) is 2.20. The second-order valence-electron chi connectivity index (χ2n) is 4.98. The van der Waals surface area contributed by atoms with Gasteiger partial charge in [-0.1, -0.05) is 6.07 Å². The van der Waals surface area contributed by atoms with Crippen molar-refractivity contribution in [3.8, 4) is 5.75 Å². The predicted octanol–water partition coefficient (Wildman–Crippen LogP) is 0.729. The van der Waals surface area contributed by atoms with Crippen LogP contribution in [0.2, 0.25) is 0 Å². The number of β-amino-alcohol motifs (C(OH)–C–C–N with tert-alkyl or cyclic N) is 1. The first-order valence-corrected chi connectivity index (χ1v) is 6.64. The Hall–Kier alpha value is -1.30. The number of nitrogens with zero attached hydrogens (tertiary/aromatic N) is 1. The van der Waals surface area contributed by atoms with Gasteiger partial charge in [-0.15, -0.1) is 0 Å². The van der Waals surface area contributed by atoms with Crippen molar-refractivity contribution >= 4 is 5.69 Å². The SMILES string of the molecule is CC1CN(CC(O)COc2cccc(N)c2)CCO1. The van der Waals surface area contributed by atoms with Crippen molar-refractivity contribution in [1.82, 2.24) is 4.90 Å². The predicted molar refractivity (Wildman–Crippen MR) is 74.2 cm³/mol. The second-order valence-corrected chi connectivity index (χ2v) is 4.98. The Kier molecular flexibility index (Phi) is 5.01. The second kappa shape index (κ2) is 6.75. The molecular weight excluding hydrogens is 244 g/mol. The summed E-state index contributed by atoms with van der Waals surface area (Å²) in [5.74, 6) is 0.689. The van der Waals surface area contributed by atoms with Crippen LogP contribution in [0.3, 0.4) is 0 Å². The summed E-state index contributed by atoms with van der Waals surface area (Å²) >= 11 is 0. The number of benzene rings is 1.